The van der Waals surface area contributed by atoms with E-state index in [0.717, 1.165) is 38.5 Å². The summed E-state index contributed by atoms with van der Waals surface area (Å²) in [4.78, 5) is 17.0. The maximum absolute atomic E-state index is 14.0. The van der Waals surface area contributed by atoms with Gasteiger partial charge in [0.05, 0.1) is 6.42 Å². The predicted molar refractivity (Wildman–Crippen MR) is 91.7 cm³/mol. The van der Waals surface area contributed by atoms with Gasteiger partial charge in [-0.1, -0.05) is 48.5 Å². The van der Waals surface area contributed by atoms with Crippen molar-refractivity contribution in [1.29, 1.82) is 0 Å². The fourth-order valence-corrected chi connectivity index (χ4v) is 3.63. The molecule has 1 aromatic heterocycles. The van der Waals surface area contributed by atoms with E-state index in [-0.39, 0.29) is 22.9 Å². The van der Waals surface area contributed by atoms with Gasteiger partial charge in [-0.05, 0) is 25.0 Å². The summed E-state index contributed by atoms with van der Waals surface area (Å²) in [5.41, 5.74) is -0.460. The number of nitrogens with one attached hydrogen (secondary N) is 1. The molecular weight excluding hydrogens is 345 g/mol. The van der Waals surface area contributed by atoms with E-state index < -0.39 is 11.4 Å². The highest BCUT2D eigenvalue weighted by molar-refractivity contribution is 6.31. The second-order valence-corrected chi connectivity index (χ2v) is 6.97. The van der Waals surface area contributed by atoms with Gasteiger partial charge in [0.25, 0.3) is 0 Å². The highest BCUT2D eigenvalue weighted by atomic mass is 35.5. The van der Waals surface area contributed by atoms with Crippen molar-refractivity contribution in [3.63, 3.8) is 0 Å². The first-order chi connectivity index (χ1) is 12.0. The molecule has 1 aromatic carbocycles. The highest BCUT2D eigenvalue weighted by Gasteiger charge is 2.38. The van der Waals surface area contributed by atoms with Gasteiger partial charge in [0.2, 0.25) is 11.8 Å². The maximum Gasteiger partial charge on any atom is 0.225 e. The second-order valence-electron chi connectivity index (χ2n) is 6.56. The number of carbonyl (C=O) groups is 1. The molecule has 5 nitrogen and oxygen atoms in total. The second kappa shape index (κ2) is 7.52. The van der Waals surface area contributed by atoms with Gasteiger partial charge in [-0.25, -0.2) is 4.39 Å². The third-order valence-corrected chi connectivity index (χ3v) is 5.04. The average Bonchev–Trinajstić information content (AvgIpc) is 2.87. The van der Waals surface area contributed by atoms with Gasteiger partial charge < -0.3 is 9.84 Å². The topological polar surface area (TPSA) is 68.0 Å². The van der Waals surface area contributed by atoms with Gasteiger partial charge >= 0.3 is 0 Å². The van der Waals surface area contributed by atoms with E-state index in [2.05, 4.69) is 15.5 Å². The largest absolute Gasteiger partial charge is 0.343 e. The third kappa shape index (κ3) is 4.00. The van der Waals surface area contributed by atoms with Crippen LogP contribution in [0.1, 0.15) is 55.8 Å². The smallest absolute Gasteiger partial charge is 0.225 e. The summed E-state index contributed by atoms with van der Waals surface area (Å²) in [6, 6.07) is 4.41. The number of hydrogen-bond donors (Lipinski definition) is 1. The molecule has 0 unspecified atom stereocenters. The molecule has 2 aromatic rings. The number of benzene rings is 1. The minimum absolute atomic E-state index is 0.121. The first kappa shape index (κ1) is 17.9. The summed E-state index contributed by atoms with van der Waals surface area (Å²) in [7, 11) is 0. The molecule has 1 heterocycles. The molecule has 3 rings (SSSR count). The van der Waals surface area contributed by atoms with Crippen molar-refractivity contribution in [2.45, 2.75) is 57.4 Å². The Kier molecular flexibility index (Phi) is 5.37. The van der Waals surface area contributed by atoms with E-state index in [9.17, 15) is 9.18 Å². The Morgan fingerprint density at radius 1 is 1.32 bits per heavy atom. The molecule has 7 heteroatoms. The van der Waals surface area contributed by atoms with E-state index in [4.69, 9.17) is 16.1 Å². The Hall–Kier alpha value is -1.95. The zero-order chi connectivity index (χ0) is 17.9. The molecule has 1 saturated carbocycles. The number of nitrogens with zero attached hydrogens (tertiary/aromatic N) is 2. The molecule has 0 spiro atoms. The first-order valence-corrected chi connectivity index (χ1v) is 8.93. The lowest BCUT2D eigenvalue weighted by molar-refractivity contribution is -0.122. The van der Waals surface area contributed by atoms with Crippen LogP contribution in [0.4, 0.5) is 4.39 Å². The van der Waals surface area contributed by atoms with Crippen molar-refractivity contribution >= 4 is 17.5 Å². The van der Waals surface area contributed by atoms with Crippen molar-refractivity contribution < 1.29 is 13.7 Å². The summed E-state index contributed by atoms with van der Waals surface area (Å²) in [5, 5.41) is 7.35. The molecule has 0 atom stereocenters. The van der Waals surface area contributed by atoms with Crippen LogP contribution in [0, 0.1) is 12.7 Å². The van der Waals surface area contributed by atoms with Crippen LogP contribution in [-0.2, 0) is 16.8 Å². The van der Waals surface area contributed by atoms with E-state index in [1.165, 1.54) is 12.1 Å². The molecule has 1 aliphatic carbocycles. The van der Waals surface area contributed by atoms with Gasteiger partial charge in [-0.15, -0.1) is 0 Å². The number of aryl methyl sites for hydroxylation is 1. The van der Waals surface area contributed by atoms with Gasteiger partial charge in [0.15, 0.2) is 5.82 Å². The molecule has 0 aliphatic heterocycles. The minimum Gasteiger partial charge on any atom is -0.343 e. The Bertz CT molecular complexity index is 734. The van der Waals surface area contributed by atoms with Crippen LogP contribution in [-0.4, -0.2) is 16.0 Å². The van der Waals surface area contributed by atoms with Gasteiger partial charge in [0, 0.05) is 17.5 Å². The number of carbonyl (C=O) groups excluding carboxylic acids is 1. The molecule has 0 saturated heterocycles. The van der Waals surface area contributed by atoms with Crippen molar-refractivity contribution in [3.05, 3.63) is 46.3 Å². The Labute approximate surface area is 150 Å². The summed E-state index contributed by atoms with van der Waals surface area (Å²) < 4.78 is 19.1. The SMILES string of the molecule is Cc1nc(C2(NC(=O)Cc3c(F)cccc3Cl)CCCCCC2)no1. The molecule has 1 fully saturated rings. The molecule has 0 radical (unpaired) electrons. The van der Waals surface area contributed by atoms with Crippen molar-refractivity contribution in [2.75, 3.05) is 0 Å². The molecule has 1 aliphatic rings. The number of hydrogen-bond acceptors (Lipinski definition) is 4. The Morgan fingerprint density at radius 3 is 2.64 bits per heavy atom. The van der Waals surface area contributed by atoms with Gasteiger partial charge in [0.1, 0.15) is 11.4 Å². The summed E-state index contributed by atoms with van der Waals surface area (Å²) in [6.45, 7) is 1.72. The highest BCUT2D eigenvalue weighted by Crippen LogP contribution is 2.35. The van der Waals surface area contributed by atoms with E-state index >= 15 is 0 Å². The zero-order valence-electron chi connectivity index (χ0n) is 14.1. The van der Waals surface area contributed by atoms with E-state index in [1.54, 1.807) is 13.0 Å². The number of aromatic nitrogens is 2. The van der Waals surface area contributed by atoms with Crippen LogP contribution in [0.2, 0.25) is 5.02 Å². The van der Waals surface area contributed by atoms with Gasteiger partial charge in [-0.2, -0.15) is 4.98 Å². The maximum atomic E-state index is 14.0. The predicted octanol–water partition coefficient (Wildman–Crippen LogP) is 4.08. The summed E-state index contributed by atoms with van der Waals surface area (Å²) >= 11 is 6.04. The molecule has 134 valence electrons. The molecule has 0 bridgehead atoms. The molecule has 1 N–H and O–H groups in total. The monoisotopic (exact) mass is 365 g/mol. The lowest BCUT2D eigenvalue weighted by Gasteiger charge is -2.30. The zero-order valence-corrected chi connectivity index (χ0v) is 14.9. The number of amides is 1. The van der Waals surface area contributed by atoms with Crippen molar-refractivity contribution in [1.82, 2.24) is 15.5 Å². The molecular formula is C18H21ClFN3O2. The summed E-state index contributed by atoms with van der Waals surface area (Å²) in [5.74, 6) is 0.189. The Balaban J connectivity index is 1.84. The Morgan fingerprint density at radius 2 is 2.04 bits per heavy atom. The fourth-order valence-electron chi connectivity index (χ4n) is 3.40. The van der Waals surface area contributed by atoms with Crippen LogP contribution in [0.3, 0.4) is 0 Å². The van der Waals surface area contributed by atoms with Crippen LogP contribution in [0.5, 0.6) is 0 Å². The fraction of sp³-hybridized carbons (Fsp3) is 0.500. The van der Waals surface area contributed by atoms with Crippen LogP contribution >= 0.6 is 11.6 Å². The van der Waals surface area contributed by atoms with Gasteiger partial charge in [-0.3, -0.25) is 4.79 Å². The standard InChI is InChI=1S/C18H21ClFN3O2/c1-12-21-17(23-25-12)18(9-4-2-3-5-10-18)22-16(24)11-13-14(19)7-6-8-15(13)20/h6-8H,2-5,9-11H2,1H3,(H,22,24). The average molecular weight is 366 g/mol. The van der Waals surface area contributed by atoms with E-state index in [1.807, 2.05) is 0 Å². The first-order valence-electron chi connectivity index (χ1n) is 8.55. The van der Waals surface area contributed by atoms with Crippen LogP contribution in [0.15, 0.2) is 22.7 Å². The number of halogens is 2. The van der Waals surface area contributed by atoms with E-state index in [0.29, 0.717) is 11.7 Å². The summed E-state index contributed by atoms with van der Waals surface area (Å²) in [6.07, 6.45) is 5.50. The molecule has 1 amide bonds. The van der Waals surface area contributed by atoms with Crippen LogP contribution < -0.4 is 5.32 Å². The molecule has 25 heavy (non-hydrogen) atoms. The third-order valence-electron chi connectivity index (χ3n) is 4.69. The van der Waals surface area contributed by atoms with Crippen molar-refractivity contribution in [3.8, 4) is 0 Å². The van der Waals surface area contributed by atoms with Crippen LogP contribution in [0.25, 0.3) is 0 Å². The lowest BCUT2D eigenvalue weighted by atomic mass is 9.88. The lowest BCUT2D eigenvalue weighted by Crippen LogP contribution is -2.47. The van der Waals surface area contributed by atoms with Crippen molar-refractivity contribution in [2.24, 2.45) is 0 Å². The normalized spacial score (nSPS) is 17.1. The number of rotatable bonds is 4. The minimum atomic E-state index is -0.664. The quantitative estimate of drug-likeness (QED) is 0.829.